The Labute approximate surface area is 293 Å². The van der Waals surface area contributed by atoms with Gasteiger partial charge in [0, 0.05) is 29.8 Å². The highest BCUT2D eigenvalue weighted by Crippen LogP contribution is 2.69. The number of nitrogens with zero attached hydrogens (tertiary/aromatic N) is 2. The molecule has 6 aliphatic rings. The molecule has 0 radical (unpaired) electrons. The molecule has 0 bridgehead atoms. The number of nitrogens with one attached hydrogen (secondary N) is 4. The van der Waals surface area contributed by atoms with Gasteiger partial charge >= 0.3 is 0 Å². The topological polar surface area (TPSA) is 123 Å². The number of halogens is 1. The van der Waals surface area contributed by atoms with Gasteiger partial charge in [-0.1, -0.05) is 84.9 Å². The van der Waals surface area contributed by atoms with E-state index in [2.05, 4.69) is 21.3 Å². The van der Waals surface area contributed by atoms with Crippen molar-refractivity contribution < 1.29 is 23.6 Å². The van der Waals surface area contributed by atoms with Gasteiger partial charge in [0.25, 0.3) is 0 Å². The Kier molecular flexibility index (Phi) is 6.29. The summed E-state index contributed by atoms with van der Waals surface area (Å²) in [6.07, 6.45) is -0.687. The normalized spacial score (nSPS) is 32.5. The summed E-state index contributed by atoms with van der Waals surface area (Å²) in [6, 6.07) is 28.3. The van der Waals surface area contributed by atoms with Crippen LogP contribution in [0.25, 0.3) is 0 Å². The number of carbonyl (C=O) groups is 4. The molecule has 4 amide bonds. The molecule has 0 aliphatic carbocycles. The first-order chi connectivity index (χ1) is 24.8. The van der Waals surface area contributed by atoms with Gasteiger partial charge in [-0.2, -0.15) is 0 Å². The number of benzene rings is 4. The molecule has 0 aromatic heterocycles. The minimum Gasteiger partial charge on any atom is -0.364 e. The molecule has 6 heterocycles. The summed E-state index contributed by atoms with van der Waals surface area (Å²) in [7, 11) is 0. The van der Waals surface area contributed by atoms with Crippen LogP contribution in [0.15, 0.2) is 103 Å². The third-order valence-corrected chi connectivity index (χ3v) is 12.3. The highest BCUT2D eigenvalue weighted by atomic mass is 19.1. The molecule has 8 unspecified atom stereocenters. The summed E-state index contributed by atoms with van der Waals surface area (Å²) < 4.78 is 16.7. The van der Waals surface area contributed by atoms with Crippen LogP contribution >= 0.6 is 0 Å². The number of hydrogen-bond acceptors (Lipinski definition) is 6. The van der Waals surface area contributed by atoms with E-state index in [1.165, 1.54) is 6.07 Å². The maximum absolute atomic E-state index is 16.7. The molecule has 8 atom stereocenters. The van der Waals surface area contributed by atoms with Crippen molar-refractivity contribution in [2.45, 2.75) is 73.0 Å². The second kappa shape index (κ2) is 10.6. The van der Waals surface area contributed by atoms with Crippen molar-refractivity contribution in [1.82, 2.24) is 20.4 Å². The van der Waals surface area contributed by atoms with E-state index in [-0.39, 0.29) is 36.5 Å². The molecule has 256 valence electrons. The summed E-state index contributed by atoms with van der Waals surface area (Å²) in [4.78, 5) is 60.9. The molecule has 4 fully saturated rings. The summed E-state index contributed by atoms with van der Waals surface area (Å²) >= 11 is 0. The molecule has 0 saturated carbocycles. The minimum atomic E-state index is -1.25. The van der Waals surface area contributed by atoms with Crippen LogP contribution in [0.3, 0.4) is 0 Å². The van der Waals surface area contributed by atoms with Crippen LogP contribution < -0.4 is 21.3 Å². The summed E-state index contributed by atoms with van der Waals surface area (Å²) in [5.74, 6) is -1.52. The number of fused-ring (bicyclic) bond motifs is 11. The number of hydrogen-bond donors (Lipinski definition) is 4. The maximum atomic E-state index is 16.7. The Morgan fingerprint density at radius 1 is 0.569 bits per heavy atom. The molecule has 11 heteroatoms. The molecule has 6 aliphatic heterocycles. The molecule has 51 heavy (non-hydrogen) atoms. The quantitative estimate of drug-likeness (QED) is 0.257. The van der Waals surface area contributed by atoms with Crippen molar-refractivity contribution in [2.24, 2.45) is 0 Å². The Balaban J connectivity index is 1.14. The van der Waals surface area contributed by atoms with Crippen molar-refractivity contribution in [3.05, 3.63) is 131 Å². The Bertz CT molecular complexity index is 2150. The largest absolute Gasteiger partial charge is 0.364 e. The smallest absolute Gasteiger partial charge is 0.247 e. The van der Waals surface area contributed by atoms with Crippen LogP contribution in [0.1, 0.15) is 35.1 Å². The third kappa shape index (κ3) is 3.91. The van der Waals surface area contributed by atoms with E-state index in [9.17, 15) is 19.2 Å². The second-order valence-electron chi connectivity index (χ2n) is 14.7. The SMILES string of the molecule is O=C1NC(Cc2ccccc2)C(=O)N2C1CC1(C34CC5C(=O)NC(Cc6ccccc6)C(=O)N5C3Nc3cccc(F)c34)c3ccccc3NC21. The van der Waals surface area contributed by atoms with Gasteiger partial charge in [-0.15, -0.1) is 0 Å². The zero-order valence-corrected chi connectivity index (χ0v) is 27.5. The van der Waals surface area contributed by atoms with Crippen LogP contribution in [0.4, 0.5) is 15.8 Å². The Morgan fingerprint density at radius 3 is 1.67 bits per heavy atom. The van der Waals surface area contributed by atoms with Crippen LogP contribution in [0.5, 0.6) is 0 Å². The van der Waals surface area contributed by atoms with Gasteiger partial charge in [0.15, 0.2) is 0 Å². The molecule has 4 aromatic carbocycles. The van der Waals surface area contributed by atoms with Gasteiger partial charge in [0.1, 0.15) is 42.3 Å². The lowest BCUT2D eigenvalue weighted by molar-refractivity contribution is -0.149. The van der Waals surface area contributed by atoms with E-state index in [0.717, 1.165) is 22.4 Å². The molecule has 10 rings (SSSR count). The van der Waals surface area contributed by atoms with Gasteiger partial charge < -0.3 is 31.1 Å². The molecular formula is C40H35FN6O4. The lowest BCUT2D eigenvalue weighted by atomic mass is 9.54. The van der Waals surface area contributed by atoms with Crippen molar-refractivity contribution in [3.8, 4) is 0 Å². The fourth-order valence-corrected chi connectivity index (χ4v) is 10.4. The van der Waals surface area contributed by atoms with Crippen LogP contribution in [-0.4, -0.2) is 69.9 Å². The summed E-state index contributed by atoms with van der Waals surface area (Å²) in [6.45, 7) is 0. The van der Waals surface area contributed by atoms with Gasteiger partial charge in [-0.05, 0) is 47.7 Å². The number of amides is 4. The van der Waals surface area contributed by atoms with Crippen molar-refractivity contribution in [2.75, 3.05) is 10.6 Å². The van der Waals surface area contributed by atoms with E-state index in [0.29, 0.717) is 24.1 Å². The molecule has 0 spiro atoms. The molecule has 10 nitrogen and oxygen atoms in total. The highest BCUT2D eigenvalue weighted by Gasteiger charge is 2.78. The minimum absolute atomic E-state index is 0.102. The van der Waals surface area contributed by atoms with E-state index in [1.807, 2.05) is 84.9 Å². The second-order valence-corrected chi connectivity index (χ2v) is 14.7. The van der Waals surface area contributed by atoms with E-state index < -0.39 is 53.1 Å². The predicted octanol–water partition coefficient (Wildman–Crippen LogP) is 3.19. The summed E-state index contributed by atoms with van der Waals surface area (Å²) in [5.41, 5.74) is 1.99. The van der Waals surface area contributed by atoms with E-state index in [1.54, 1.807) is 21.9 Å². The summed E-state index contributed by atoms with van der Waals surface area (Å²) in [5, 5.41) is 13.2. The van der Waals surface area contributed by atoms with Crippen LogP contribution in [-0.2, 0) is 42.8 Å². The first kappa shape index (κ1) is 30.1. The standard InChI is InChI=1S/C40H35FN6O4/c41-25-15-9-17-27-32(25)40(21-31-34(49)43-29(19-23-12-5-2-6-13-23)36(51)47(31)38(40)45-27)39-20-30-33(48)42-28(18-22-10-3-1-4-11-22)35(50)46(30)37(39)44-26-16-8-7-14-24(26)39/h1-17,28-31,37-38,44-45H,18-21H2,(H,42,48)(H,43,49). The van der Waals surface area contributed by atoms with Crippen LogP contribution in [0, 0.1) is 5.82 Å². The van der Waals surface area contributed by atoms with Crippen LogP contribution in [0.2, 0.25) is 0 Å². The zero-order chi connectivity index (χ0) is 34.6. The fraction of sp³-hybridized carbons (Fsp3) is 0.300. The first-order valence-corrected chi connectivity index (χ1v) is 17.6. The zero-order valence-electron chi connectivity index (χ0n) is 27.5. The van der Waals surface area contributed by atoms with Gasteiger partial charge in [0.2, 0.25) is 23.6 Å². The average Bonchev–Trinajstić information content (AvgIpc) is 3.85. The fourth-order valence-electron chi connectivity index (χ4n) is 10.4. The molecule has 4 aromatic rings. The van der Waals surface area contributed by atoms with Gasteiger partial charge in [0.05, 0.1) is 10.8 Å². The number of piperazine rings is 2. The molecular weight excluding hydrogens is 647 g/mol. The monoisotopic (exact) mass is 682 g/mol. The molecule has 4 saturated heterocycles. The highest BCUT2D eigenvalue weighted by molar-refractivity contribution is 6.01. The van der Waals surface area contributed by atoms with Gasteiger partial charge in [-0.3, -0.25) is 19.2 Å². The molecule has 4 N–H and O–H groups in total. The number of anilines is 2. The van der Waals surface area contributed by atoms with Gasteiger partial charge in [-0.25, -0.2) is 4.39 Å². The third-order valence-electron chi connectivity index (χ3n) is 12.3. The van der Waals surface area contributed by atoms with Crippen molar-refractivity contribution >= 4 is 35.0 Å². The maximum Gasteiger partial charge on any atom is 0.247 e. The number of carbonyl (C=O) groups excluding carboxylic acids is 4. The van der Waals surface area contributed by atoms with E-state index >= 15 is 4.39 Å². The average molecular weight is 683 g/mol. The predicted molar refractivity (Wildman–Crippen MR) is 186 cm³/mol. The lowest BCUT2D eigenvalue weighted by Crippen LogP contribution is -2.67. The number of rotatable bonds is 5. The lowest BCUT2D eigenvalue weighted by Gasteiger charge is -2.48. The Morgan fingerprint density at radius 2 is 1.06 bits per heavy atom. The van der Waals surface area contributed by atoms with Crippen molar-refractivity contribution in [3.63, 3.8) is 0 Å². The van der Waals surface area contributed by atoms with E-state index in [4.69, 9.17) is 0 Å². The number of para-hydroxylation sites is 1. The van der Waals surface area contributed by atoms with Crippen molar-refractivity contribution in [1.29, 1.82) is 0 Å². The first-order valence-electron chi connectivity index (χ1n) is 17.6. The Hall–Kier alpha value is -5.71.